The standard InChI is InChI=1S/C22H24N4/c1-3-19-14-21(26-13-12-17-9-5-6-10-18(17)15-26)25-22(23-19)24-20-11-7-4-8-16(20)2/h4-11,14H,3,12-13,15H2,1-2H3,(H,23,24,25). The molecule has 0 atom stereocenters. The van der Waals surface area contributed by atoms with Gasteiger partial charge in [0.15, 0.2) is 0 Å². The number of rotatable bonds is 4. The highest BCUT2D eigenvalue weighted by Crippen LogP contribution is 2.26. The first-order valence-electron chi connectivity index (χ1n) is 9.25. The van der Waals surface area contributed by atoms with Crippen LogP contribution in [-0.4, -0.2) is 16.5 Å². The molecule has 132 valence electrons. The molecule has 0 aliphatic carbocycles. The highest BCUT2D eigenvalue weighted by molar-refractivity contribution is 5.59. The van der Waals surface area contributed by atoms with E-state index in [1.165, 1.54) is 16.7 Å². The van der Waals surface area contributed by atoms with Gasteiger partial charge in [-0.05, 0) is 42.5 Å². The summed E-state index contributed by atoms with van der Waals surface area (Å²) in [6.45, 7) is 6.12. The van der Waals surface area contributed by atoms with Crippen molar-refractivity contribution in [3.8, 4) is 0 Å². The Labute approximate surface area is 154 Å². The second-order valence-electron chi connectivity index (χ2n) is 6.77. The molecule has 1 aliphatic heterocycles. The number of aryl methyl sites for hydroxylation is 2. The Balaban J connectivity index is 1.64. The molecule has 0 amide bonds. The predicted octanol–water partition coefficient (Wildman–Crippen LogP) is 4.65. The molecule has 1 N–H and O–H groups in total. The zero-order valence-electron chi connectivity index (χ0n) is 15.4. The van der Waals surface area contributed by atoms with Crippen molar-refractivity contribution in [2.24, 2.45) is 0 Å². The third kappa shape index (κ3) is 3.40. The van der Waals surface area contributed by atoms with Crippen LogP contribution in [0.1, 0.15) is 29.3 Å². The van der Waals surface area contributed by atoms with Gasteiger partial charge >= 0.3 is 0 Å². The fraction of sp³-hybridized carbons (Fsp3) is 0.273. The Morgan fingerprint density at radius 1 is 1.00 bits per heavy atom. The fourth-order valence-electron chi connectivity index (χ4n) is 3.41. The lowest BCUT2D eigenvalue weighted by molar-refractivity contribution is 0.718. The van der Waals surface area contributed by atoms with E-state index in [0.717, 1.165) is 43.1 Å². The maximum Gasteiger partial charge on any atom is 0.229 e. The minimum absolute atomic E-state index is 0.674. The summed E-state index contributed by atoms with van der Waals surface area (Å²) >= 11 is 0. The van der Waals surface area contributed by atoms with E-state index in [2.05, 4.69) is 71.5 Å². The van der Waals surface area contributed by atoms with Crippen molar-refractivity contribution in [1.29, 1.82) is 0 Å². The molecular formula is C22H24N4. The van der Waals surface area contributed by atoms with Crippen LogP contribution < -0.4 is 10.2 Å². The number of benzene rings is 2. The van der Waals surface area contributed by atoms with E-state index >= 15 is 0 Å². The molecule has 26 heavy (non-hydrogen) atoms. The Hall–Kier alpha value is -2.88. The lowest BCUT2D eigenvalue weighted by atomic mass is 10.00. The first-order valence-corrected chi connectivity index (χ1v) is 9.25. The second kappa shape index (κ2) is 7.16. The van der Waals surface area contributed by atoms with Crippen LogP contribution in [0.3, 0.4) is 0 Å². The molecule has 4 heteroatoms. The van der Waals surface area contributed by atoms with Crippen LogP contribution in [0.2, 0.25) is 0 Å². The van der Waals surface area contributed by atoms with E-state index in [1.54, 1.807) is 0 Å². The summed E-state index contributed by atoms with van der Waals surface area (Å²) in [6.07, 6.45) is 1.95. The van der Waals surface area contributed by atoms with Gasteiger partial charge in [-0.1, -0.05) is 49.4 Å². The SMILES string of the molecule is CCc1cc(N2CCc3ccccc3C2)nc(Nc2ccccc2C)n1. The lowest BCUT2D eigenvalue weighted by Crippen LogP contribution is -2.31. The monoisotopic (exact) mass is 344 g/mol. The third-order valence-electron chi connectivity index (χ3n) is 4.97. The van der Waals surface area contributed by atoms with Gasteiger partial charge in [0, 0.05) is 30.5 Å². The van der Waals surface area contributed by atoms with Gasteiger partial charge in [-0.2, -0.15) is 4.98 Å². The summed E-state index contributed by atoms with van der Waals surface area (Å²) in [7, 11) is 0. The number of hydrogen-bond acceptors (Lipinski definition) is 4. The van der Waals surface area contributed by atoms with Gasteiger partial charge in [0.05, 0.1) is 0 Å². The smallest absolute Gasteiger partial charge is 0.229 e. The summed E-state index contributed by atoms with van der Waals surface area (Å²) in [5.74, 6) is 1.68. The topological polar surface area (TPSA) is 41.1 Å². The van der Waals surface area contributed by atoms with Crippen LogP contribution in [0, 0.1) is 6.92 Å². The molecule has 0 saturated carbocycles. The van der Waals surface area contributed by atoms with Crippen molar-refractivity contribution in [3.05, 3.63) is 77.0 Å². The molecular weight excluding hydrogens is 320 g/mol. The van der Waals surface area contributed by atoms with Gasteiger partial charge in [-0.15, -0.1) is 0 Å². The fourth-order valence-corrected chi connectivity index (χ4v) is 3.41. The largest absolute Gasteiger partial charge is 0.352 e. The zero-order valence-corrected chi connectivity index (χ0v) is 15.4. The molecule has 0 saturated heterocycles. The van der Waals surface area contributed by atoms with Crippen molar-refractivity contribution in [1.82, 2.24) is 9.97 Å². The van der Waals surface area contributed by atoms with Crippen LogP contribution in [0.25, 0.3) is 0 Å². The molecule has 3 aromatic rings. The number of hydrogen-bond donors (Lipinski definition) is 1. The van der Waals surface area contributed by atoms with Gasteiger partial charge in [0.1, 0.15) is 5.82 Å². The number of fused-ring (bicyclic) bond motifs is 1. The molecule has 4 nitrogen and oxygen atoms in total. The van der Waals surface area contributed by atoms with Crippen molar-refractivity contribution < 1.29 is 0 Å². The molecule has 0 bridgehead atoms. The average Bonchev–Trinajstić information content (AvgIpc) is 2.69. The van der Waals surface area contributed by atoms with Crippen LogP contribution in [0.5, 0.6) is 0 Å². The quantitative estimate of drug-likeness (QED) is 0.748. The maximum absolute atomic E-state index is 4.82. The van der Waals surface area contributed by atoms with Gasteiger partial charge in [-0.3, -0.25) is 0 Å². The van der Waals surface area contributed by atoms with Gasteiger partial charge in [-0.25, -0.2) is 4.98 Å². The van der Waals surface area contributed by atoms with Crippen molar-refractivity contribution in [2.45, 2.75) is 33.2 Å². The number of para-hydroxylation sites is 1. The third-order valence-corrected chi connectivity index (χ3v) is 4.97. The Bertz CT molecular complexity index is 920. The van der Waals surface area contributed by atoms with E-state index in [4.69, 9.17) is 4.98 Å². The second-order valence-corrected chi connectivity index (χ2v) is 6.77. The molecule has 2 heterocycles. The highest BCUT2D eigenvalue weighted by atomic mass is 15.2. The Morgan fingerprint density at radius 2 is 1.77 bits per heavy atom. The van der Waals surface area contributed by atoms with Crippen molar-refractivity contribution in [2.75, 3.05) is 16.8 Å². The minimum Gasteiger partial charge on any atom is -0.352 e. The summed E-state index contributed by atoms with van der Waals surface area (Å²) in [6, 6.07) is 19.0. The highest BCUT2D eigenvalue weighted by Gasteiger charge is 2.18. The number of anilines is 3. The first kappa shape index (κ1) is 16.6. The van der Waals surface area contributed by atoms with E-state index in [9.17, 15) is 0 Å². The van der Waals surface area contributed by atoms with E-state index in [1.807, 2.05) is 12.1 Å². The minimum atomic E-state index is 0.674. The molecule has 0 unspecified atom stereocenters. The molecule has 1 aromatic heterocycles. The van der Waals surface area contributed by atoms with Crippen LogP contribution in [0.4, 0.5) is 17.5 Å². The molecule has 0 spiro atoms. The number of aromatic nitrogens is 2. The van der Waals surface area contributed by atoms with Gasteiger partial charge < -0.3 is 10.2 Å². The number of nitrogens with one attached hydrogen (secondary N) is 1. The molecule has 1 aliphatic rings. The normalized spacial score (nSPS) is 13.4. The molecule has 0 radical (unpaired) electrons. The maximum atomic E-state index is 4.82. The van der Waals surface area contributed by atoms with Crippen LogP contribution in [0.15, 0.2) is 54.6 Å². The summed E-state index contributed by atoms with van der Waals surface area (Å²) < 4.78 is 0. The van der Waals surface area contributed by atoms with E-state index < -0.39 is 0 Å². The zero-order chi connectivity index (χ0) is 17.9. The summed E-state index contributed by atoms with van der Waals surface area (Å²) in [5.41, 5.74) is 6.14. The molecule has 2 aromatic carbocycles. The summed E-state index contributed by atoms with van der Waals surface area (Å²) in [4.78, 5) is 11.8. The average molecular weight is 344 g/mol. The van der Waals surface area contributed by atoms with Crippen molar-refractivity contribution >= 4 is 17.5 Å². The predicted molar refractivity (Wildman–Crippen MR) is 107 cm³/mol. The lowest BCUT2D eigenvalue weighted by Gasteiger charge is -2.30. The van der Waals surface area contributed by atoms with E-state index in [-0.39, 0.29) is 0 Å². The molecule has 0 fully saturated rings. The van der Waals surface area contributed by atoms with E-state index in [0.29, 0.717) is 5.95 Å². The van der Waals surface area contributed by atoms with Crippen molar-refractivity contribution in [3.63, 3.8) is 0 Å². The Kier molecular flexibility index (Phi) is 4.57. The van der Waals surface area contributed by atoms with Gasteiger partial charge in [0.2, 0.25) is 5.95 Å². The van der Waals surface area contributed by atoms with Gasteiger partial charge in [0.25, 0.3) is 0 Å². The first-order chi connectivity index (χ1) is 12.7. The molecule has 4 rings (SSSR count). The summed E-state index contributed by atoms with van der Waals surface area (Å²) in [5, 5.41) is 3.40. The Morgan fingerprint density at radius 3 is 2.58 bits per heavy atom. The number of nitrogens with zero attached hydrogens (tertiary/aromatic N) is 3. The van der Waals surface area contributed by atoms with Crippen LogP contribution >= 0.6 is 0 Å². The van der Waals surface area contributed by atoms with Crippen LogP contribution in [-0.2, 0) is 19.4 Å².